The van der Waals surface area contributed by atoms with Crippen LogP contribution in [0.4, 0.5) is 0 Å². The van der Waals surface area contributed by atoms with Crippen LogP contribution in [0.1, 0.15) is 57.4 Å². The molecule has 2 aromatic rings. The largest absolute Gasteiger partial charge is 0.493 e. The molecule has 10 nitrogen and oxygen atoms in total. The van der Waals surface area contributed by atoms with Crippen LogP contribution in [0.3, 0.4) is 0 Å². The maximum Gasteiger partial charge on any atom is 0.340 e. The second kappa shape index (κ2) is 11.3. The van der Waals surface area contributed by atoms with Crippen LogP contribution in [-0.2, 0) is 25.6 Å². The molecule has 0 aliphatic carbocycles. The molecule has 0 saturated carbocycles. The highest BCUT2D eigenvalue weighted by atomic mass is 16.6. The smallest absolute Gasteiger partial charge is 0.340 e. The van der Waals surface area contributed by atoms with Crippen molar-refractivity contribution >= 4 is 29.7 Å². The summed E-state index contributed by atoms with van der Waals surface area (Å²) in [5, 5.41) is 2.34. The molecule has 35 heavy (non-hydrogen) atoms. The average Bonchev–Trinajstić information content (AvgIpc) is 3.08. The number of nitrogens with one attached hydrogen (secondary N) is 1. The normalized spacial score (nSPS) is 12.4. The Morgan fingerprint density at radius 1 is 0.857 bits per heavy atom. The van der Waals surface area contributed by atoms with E-state index in [1.54, 1.807) is 51.1 Å². The number of ether oxygens (including phenoxy) is 3. The molecular formula is C25H26N2O8. The molecule has 10 heteroatoms. The summed E-state index contributed by atoms with van der Waals surface area (Å²) in [5.41, 5.74) is 1.11. The highest BCUT2D eigenvalue weighted by Crippen LogP contribution is 2.26. The van der Waals surface area contributed by atoms with E-state index in [0.29, 0.717) is 16.7 Å². The lowest BCUT2D eigenvalue weighted by atomic mass is 10.1. The SMILES string of the molecule is CCOC(=O)C(NC(=O)c1cc(CN2C(=O)c3ccccc3C2=O)ccc1OCC)C(=O)OCC. The van der Waals surface area contributed by atoms with Crippen molar-refractivity contribution in [3.63, 3.8) is 0 Å². The molecule has 2 aromatic carbocycles. The Bertz CT molecular complexity index is 1110. The second-order valence-corrected chi connectivity index (χ2v) is 7.42. The first-order valence-electron chi connectivity index (χ1n) is 11.2. The summed E-state index contributed by atoms with van der Waals surface area (Å²) in [6, 6.07) is 9.44. The Hall–Kier alpha value is -4.21. The van der Waals surface area contributed by atoms with Gasteiger partial charge >= 0.3 is 11.9 Å². The first-order valence-corrected chi connectivity index (χ1v) is 11.2. The zero-order valence-corrected chi connectivity index (χ0v) is 19.7. The number of rotatable bonds is 10. The second-order valence-electron chi connectivity index (χ2n) is 7.42. The minimum Gasteiger partial charge on any atom is -0.493 e. The molecule has 0 spiro atoms. The minimum absolute atomic E-state index is 0.00453. The highest BCUT2D eigenvalue weighted by Gasteiger charge is 2.36. The van der Waals surface area contributed by atoms with E-state index in [1.807, 2.05) is 0 Å². The van der Waals surface area contributed by atoms with Crippen LogP contribution in [0, 0.1) is 0 Å². The lowest BCUT2D eigenvalue weighted by molar-refractivity contribution is -0.157. The van der Waals surface area contributed by atoms with Gasteiger partial charge in [-0.3, -0.25) is 19.3 Å². The molecule has 1 N–H and O–H groups in total. The van der Waals surface area contributed by atoms with Gasteiger partial charge in [0.05, 0.1) is 43.1 Å². The van der Waals surface area contributed by atoms with Crippen LogP contribution in [-0.4, -0.2) is 60.4 Å². The standard InChI is InChI=1S/C25H26N2O8/c1-4-33-19-12-11-15(14-27-22(29)16-9-7-8-10-17(16)23(27)30)13-18(19)21(28)26-20(24(31)34-5-2)25(32)35-6-3/h7-13,20H,4-6,14H2,1-3H3,(H,26,28). The van der Waals surface area contributed by atoms with Crippen LogP contribution in [0.5, 0.6) is 5.75 Å². The molecule has 0 unspecified atom stereocenters. The van der Waals surface area contributed by atoms with E-state index in [1.165, 1.54) is 12.1 Å². The van der Waals surface area contributed by atoms with Gasteiger partial charge in [-0.25, -0.2) is 9.59 Å². The molecule has 0 fully saturated rings. The van der Waals surface area contributed by atoms with Crippen LogP contribution in [0.2, 0.25) is 0 Å². The molecule has 3 rings (SSSR count). The van der Waals surface area contributed by atoms with Gasteiger partial charge in [0, 0.05) is 0 Å². The van der Waals surface area contributed by atoms with Gasteiger partial charge in [-0.15, -0.1) is 0 Å². The summed E-state index contributed by atoms with van der Waals surface area (Å²) < 4.78 is 15.3. The van der Waals surface area contributed by atoms with Crippen LogP contribution in [0.25, 0.3) is 0 Å². The van der Waals surface area contributed by atoms with Crippen molar-refractivity contribution in [2.75, 3.05) is 19.8 Å². The van der Waals surface area contributed by atoms with Crippen molar-refractivity contribution in [3.05, 3.63) is 64.7 Å². The van der Waals surface area contributed by atoms with E-state index in [2.05, 4.69) is 5.32 Å². The summed E-state index contributed by atoms with van der Waals surface area (Å²) in [6.45, 7) is 5.04. The Labute approximate surface area is 202 Å². The lowest BCUT2D eigenvalue weighted by Gasteiger charge is -2.19. The number of nitrogens with zero attached hydrogens (tertiary/aromatic N) is 1. The number of imide groups is 1. The molecule has 1 heterocycles. The monoisotopic (exact) mass is 482 g/mol. The van der Waals surface area contributed by atoms with Crippen LogP contribution >= 0.6 is 0 Å². The number of carbonyl (C=O) groups is 5. The van der Waals surface area contributed by atoms with Crippen molar-refractivity contribution in [1.29, 1.82) is 0 Å². The van der Waals surface area contributed by atoms with Gasteiger partial charge in [0.1, 0.15) is 5.75 Å². The first-order chi connectivity index (χ1) is 16.8. The zero-order chi connectivity index (χ0) is 25.5. The number of carbonyl (C=O) groups excluding carboxylic acids is 5. The lowest BCUT2D eigenvalue weighted by Crippen LogP contribution is -2.48. The number of hydrogen-bond donors (Lipinski definition) is 1. The summed E-state index contributed by atoms with van der Waals surface area (Å²) in [7, 11) is 0. The topological polar surface area (TPSA) is 128 Å². The van der Waals surface area contributed by atoms with E-state index in [9.17, 15) is 24.0 Å². The Kier molecular flexibility index (Phi) is 8.19. The highest BCUT2D eigenvalue weighted by molar-refractivity contribution is 6.21. The molecule has 0 bridgehead atoms. The fourth-order valence-electron chi connectivity index (χ4n) is 3.57. The molecule has 1 aliphatic rings. The molecule has 1 aliphatic heterocycles. The summed E-state index contributed by atoms with van der Waals surface area (Å²) in [6.07, 6.45) is 0. The van der Waals surface area contributed by atoms with Gasteiger partial charge in [0.15, 0.2) is 0 Å². The quantitative estimate of drug-likeness (QED) is 0.310. The van der Waals surface area contributed by atoms with Crippen molar-refractivity contribution < 1.29 is 38.2 Å². The number of esters is 2. The average molecular weight is 482 g/mol. The summed E-state index contributed by atoms with van der Waals surface area (Å²) in [5.74, 6) is -3.38. The van der Waals surface area contributed by atoms with E-state index in [-0.39, 0.29) is 37.7 Å². The van der Waals surface area contributed by atoms with E-state index < -0.39 is 35.7 Å². The van der Waals surface area contributed by atoms with Crippen molar-refractivity contribution in [2.45, 2.75) is 33.4 Å². The number of amides is 3. The Morgan fingerprint density at radius 2 is 1.43 bits per heavy atom. The van der Waals surface area contributed by atoms with E-state index >= 15 is 0 Å². The molecule has 3 amide bonds. The van der Waals surface area contributed by atoms with E-state index in [4.69, 9.17) is 14.2 Å². The van der Waals surface area contributed by atoms with Gasteiger partial charge < -0.3 is 19.5 Å². The molecule has 184 valence electrons. The number of benzene rings is 2. The third kappa shape index (κ3) is 5.48. The predicted octanol–water partition coefficient (Wildman–Crippen LogP) is 2.11. The maximum absolute atomic E-state index is 13.1. The van der Waals surface area contributed by atoms with Crippen molar-refractivity contribution in [3.8, 4) is 5.75 Å². The molecule has 0 saturated heterocycles. The Balaban J connectivity index is 1.88. The maximum atomic E-state index is 13.1. The van der Waals surface area contributed by atoms with Crippen LogP contribution < -0.4 is 10.1 Å². The molecular weight excluding hydrogens is 456 g/mol. The Morgan fingerprint density at radius 3 is 1.94 bits per heavy atom. The first kappa shape index (κ1) is 25.4. The van der Waals surface area contributed by atoms with Crippen molar-refractivity contribution in [1.82, 2.24) is 10.2 Å². The van der Waals surface area contributed by atoms with E-state index in [0.717, 1.165) is 4.90 Å². The van der Waals surface area contributed by atoms with Gasteiger partial charge in [-0.2, -0.15) is 0 Å². The van der Waals surface area contributed by atoms with Gasteiger partial charge in [0.2, 0.25) is 6.04 Å². The summed E-state index contributed by atoms with van der Waals surface area (Å²) in [4.78, 5) is 64.2. The number of hydrogen-bond acceptors (Lipinski definition) is 8. The van der Waals surface area contributed by atoms with Gasteiger partial charge in [-0.1, -0.05) is 18.2 Å². The predicted molar refractivity (Wildman–Crippen MR) is 123 cm³/mol. The zero-order valence-electron chi connectivity index (χ0n) is 19.7. The molecule has 0 radical (unpaired) electrons. The van der Waals surface area contributed by atoms with Gasteiger partial charge in [0.25, 0.3) is 17.7 Å². The van der Waals surface area contributed by atoms with Gasteiger partial charge in [-0.05, 0) is 50.6 Å². The summed E-state index contributed by atoms with van der Waals surface area (Å²) >= 11 is 0. The molecule has 0 aromatic heterocycles. The fourth-order valence-corrected chi connectivity index (χ4v) is 3.57. The minimum atomic E-state index is -1.67. The number of fused-ring (bicyclic) bond motifs is 1. The molecule has 0 atom stereocenters. The van der Waals surface area contributed by atoms with Crippen LogP contribution in [0.15, 0.2) is 42.5 Å². The van der Waals surface area contributed by atoms with Crippen molar-refractivity contribution in [2.24, 2.45) is 0 Å². The third-order valence-corrected chi connectivity index (χ3v) is 5.13. The third-order valence-electron chi connectivity index (χ3n) is 5.13. The fraction of sp³-hybridized carbons (Fsp3) is 0.320.